The van der Waals surface area contributed by atoms with Gasteiger partial charge in [0, 0.05) is 0 Å². The molecule has 0 aromatic heterocycles. The quantitative estimate of drug-likeness (QED) is 0.737. The molecule has 0 saturated heterocycles. The highest BCUT2D eigenvalue weighted by atomic mass is 79.9. The summed E-state index contributed by atoms with van der Waals surface area (Å²) in [6.45, 7) is 1.68. The number of rotatable bonds is 2. The van der Waals surface area contributed by atoms with Crippen molar-refractivity contribution < 1.29 is 13.5 Å². The second kappa shape index (κ2) is 6.01. The lowest BCUT2D eigenvalue weighted by Crippen LogP contribution is -2.19. The van der Waals surface area contributed by atoms with Crippen molar-refractivity contribution in [1.82, 2.24) is 10.0 Å². The molecular weight excluding hydrogens is 320 g/mol. The van der Waals surface area contributed by atoms with E-state index in [1.54, 1.807) is 12.1 Å². The summed E-state index contributed by atoms with van der Waals surface area (Å²) in [5, 5.41) is 13.0. The molecule has 0 aliphatic carbocycles. The van der Waals surface area contributed by atoms with E-state index in [0.717, 1.165) is 37.1 Å². The van der Waals surface area contributed by atoms with Gasteiger partial charge in [-0.1, -0.05) is 0 Å². The van der Waals surface area contributed by atoms with Gasteiger partial charge in [0.15, 0.2) is 0 Å². The summed E-state index contributed by atoms with van der Waals surface area (Å²) in [5.41, 5.74) is 2.00. The first-order chi connectivity index (χ1) is 8.04. The normalized spacial score (nSPS) is 15.4. The molecule has 0 fully saturated rings. The van der Waals surface area contributed by atoms with Crippen LogP contribution in [0.25, 0.3) is 0 Å². The Kier molecular flexibility index (Phi) is 5.15. The minimum Gasteiger partial charge on any atom is -0.507 e. The predicted octanol–water partition coefficient (Wildman–Crippen LogP) is 0.566. The summed E-state index contributed by atoms with van der Waals surface area (Å²) < 4.78 is 25.6. The van der Waals surface area contributed by atoms with Crippen molar-refractivity contribution in [2.45, 2.75) is 17.7 Å². The Bertz CT molecular complexity index is 531. The monoisotopic (exact) mass is 336 g/mol. The Labute approximate surface area is 117 Å². The van der Waals surface area contributed by atoms with Crippen LogP contribution in [0.15, 0.2) is 17.0 Å². The Morgan fingerprint density at radius 1 is 1.22 bits per heavy atom. The van der Waals surface area contributed by atoms with Gasteiger partial charge in [0.1, 0.15) is 10.6 Å². The molecule has 0 unspecified atom stereocenters. The van der Waals surface area contributed by atoms with E-state index in [1.807, 2.05) is 0 Å². The van der Waals surface area contributed by atoms with Crippen LogP contribution in [0, 0.1) is 0 Å². The van der Waals surface area contributed by atoms with E-state index in [0.29, 0.717) is 0 Å². The molecule has 0 spiro atoms. The maximum atomic E-state index is 11.7. The molecule has 7 heteroatoms. The molecule has 1 aliphatic heterocycles. The fourth-order valence-corrected chi connectivity index (χ4v) is 2.87. The molecule has 5 nitrogen and oxygen atoms in total. The summed E-state index contributed by atoms with van der Waals surface area (Å²) in [6.07, 6.45) is 1.59. The molecule has 1 aromatic carbocycles. The van der Waals surface area contributed by atoms with Gasteiger partial charge in [-0.2, -0.15) is 0 Å². The number of sulfonamides is 1. The minimum atomic E-state index is -3.59. The first-order valence-electron chi connectivity index (χ1n) is 5.53. The summed E-state index contributed by atoms with van der Waals surface area (Å²) in [5.74, 6) is -0.181. The molecule has 18 heavy (non-hydrogen) atoms. The predicted molar refractivity (Wildman–Crippen MR) is 75.0 cm³/mol. The standard InChI is InChI=1S/C11H16N2O3S.BrH/c1-12-17(15,16)11-7-9-3-5-13-4-2-8(9)6-10(11)14;/h6-7,12-14H,2-5H2,1H3;1H. The van der Waals surface area contributed by atoms with Gasteiger partial charge in [-0.05, 0) is 56.2 Å². The van der Waals surface area contributed by atoms with E-state index in [-0.39, 0.29) is 27.6 Å². The number of aromatic hydroxyl groups is 1. The molecule has 2 rings (SSSR count). The van der Waals surface area contributed by atoms with E-state index >= 15 is 0 Å². The molecule has 3 N–H and O–H groups in total. The van der Waals surface area contributed by atoms with Crippen LogP contribution in [0.5, 0.6) is 5.75 Å². The van der Waals surface area contributed by atoms with Crippen molar-refractivity contribution in [3.8, 4) is 5.75 Å². The fraction of sp³-hybridized carbons (Fsp3) is 0.455. The average Bonchev–Trinajstić information content (AvgIpc) is 2.52. The van der Waals surface area contributed by atoms with E-state index in [4.69, 9.17) is 0 Å². The van der Waals surface area contributed by atoms with Crippen molar-refractivity contribution in [2.75, 3.05) is 20.1 Å². The van der Waals surface area contributed by atoms with Gasteiger partial charge >= 0.3 is 0 Å². The van der Waals surface area contributed by atoms with E-state index in [1.165, 1.54) is 7.05 Å². The minimum absolute atomic E-state index is 0. The molecular formula is C11H17BrN2O3S. The van der Waals surface area contributed by atoms with Crippen LogP contribution in [-0.2, 0) is 22.9 Å². The highest BCUT2D eigenvalue weighted by Gasteiger charge is 2.20. The van der Waals surface area contributed by atoms with Gasteiger partial charge in [-0.3, -0.25) is 0 Å². The summed E-state index contributed by atoms with van der Waals surface area (Å²) >= 11 is 0. The molecule has 102 valence electrons. The maximum Gasteiger partial charge on any atom is 0.243 e. The Morgan fingerprint density at radius 2 is 1.78 bits per heavy atom. The van der Waals surface area contributed by atoms with Crippen LogP contribution in [0.4, 0.5) is 0 Å². The molecule has 0 atom stereocenters. The Morgan fingerprint density at radius 3 is 2.33 bits per heavy atom. The van der Waals surface area contributed by atoms with Crippen molar-refractivity contribution in [2.24, 2.45) is 0 Å². The lowest BCUT2D eigenvalue weighted by molar-refractivity contribution is 0.457. The van der Waals surface area contributed by atoms with Gasteiger partial charge in [0.05, 0.1) is 0 Å². The smallest absolute Gasteiger partial charge is 0.243 e. The van der Waals surface area contributed by atoms with E-state index in [2.05, 4.69) is 10.0 Å². The van der Waals surface area contributed by atoms with Gasteiger partial charge in [0.2, 0.25) is 10.0 Å². The SMILES string of the molecule is Br.CNS(=O)(=O)c1cc2c(cc1O)CCNCC2. The number of halogens is 1. The highest BCUT2D eigenvalue weighted by molar-refractivity contribution is 8.93. The zero-order chi connectivity index (χ0) is 12.5. The van der Waals surface area contributed by atoms with Gasteiger partial charge in [-0.25, -0.2) is 13.1 Å². The number of phenols is 1. The molecule has 0 amide bonds. The number of hydrogen-bond donors (Lipinski definition) is 3. The second-order valence-electron chi connectivity index (χ2n) is 4.05. The Hall–Kier alpha value is -0.630. The van der Waals surface area contributed by atoms with Crippen LogP contribution >= 0.6 is 17.0 Å². The molecule has 0 radical (unpaired) electrons. The van der Waals surface area contributed by atoms with Crippen molar-refractivity contribution in [3.05, 3.63) is 23.3 Å². The zero-order valence-corrected chi connectivity index (χ0v) is 12.6. The molecule has 1 heterocycles. The largest absolute Gasteiger partial charge is 0.507 e. The van der Waals surface area contributed by atoms with Crippen molar-refractivity contribution >= 4 is 27.0 Å². The second-order valence-corrected chi connectivity index (χ2v) is 5.90. The van der Waals surface area contributed by atoms with Crippen molar-refractivity contribution in [1.29, 1.82) is 0 Å². The third-order valence-electron chi connectivity index (χ3n) is 2.98. The number of benzene rings is 1. The zero-order valence-electron chi connectivity index (χ0n) is 10.1. The number of hydrogen-bond acceptors (Lipinski definition) is 4. The first-order valence-corrected chi connectivity index (χ1v) is 7.02. The third kappa shape index (κ3) is 3.03. The summed E-state index contributed by atoms with van der Waals surface area (Å²) in [4.78, 5) is -0.0411. The van der Waals surface area contributed by atoms with Crippen LogP contribution in [-0.4, -0.2) is 33.7 Å². The van der Waals surface area contributed by atoms with Crippen LogP contribution in [0.2, 0.25) is 0 Å². The number of nitrogens with one attached hydrogen (secondary N) is 2. The summed E-state index contributed by atoms with van der Waals surface area (Å²) in [6, 6.07) is 3.13. The van der Waals surface area contributed by atoms with Crippen LogP contribution in [0.3, 0.4) is 0 Å². The Balaban J connectivity index is 0.00000162. The average molecular weight is 337 g/mol. The van der Waals surface area contributed by atoms with Gasteiger partial charge < -0.3 is 10.4 Å². The maximum absolute atomic E-state index is 11.7. The molecule has 1 aliphatic rings. The van der Waals surface area contributed by atoms with Gasteiger partial charge in [-0.15, -0.1) is 17.0 Å². The fourth-order valence-electron chi connectivity index (χ4n) is 2.02. The molecule has 0 saturated carbocycles. The lowest BCUT2D eigenvalue weighted by atomic mass is 10.0. The number of phenolic OH excluding ortho intramolecular Hbond substituents is 1. The van der Waals surface area contributed by atoms with Crippen molar-refractivity contribution in [3.63, 3.8) is 0 Å². The summed E-state index contributed by atoms with van der Waals surface area (Å²) in [7, 11) is -2.26. The third-order valence-corrected chi connectivity index (χ3v) is 4.43. The number of fused-ring (bicyclic) bond motifs is 1. The topological polar surface area (TPSA) is 78.4 Å². The van der Waals surface area contributed by atoms with E-state index in [9.17, 15) is 13.5 Å². The first kappa shape index (κ1) is 15.4. The molecule has 1 aromatic rings. The van der Waals surface area contributed by atoms with Crippen LogP contribution < -0.4 is 10.0 Å². The van der Waals surface area contributed by atoms with Gasteiger partial charge in [0.25, 0.3) is 0 Å². The lowest BCUT2D eigenvalue weighted by Gasteiger charge is -2.11. The van der Waals surface area contributed by atoms with E-state index < -0.39 is 10.0 Å². The van der Waals surface area contributed by atoms with Crippen LogP contribution in [0.1, 0.15) is 11.1 Å². The highest BCUT2D eigenvalue weighted by Crippen LogP contribution is 2.27. The molecule has 0 bridgehead atoms.